The van der Waals surface area contributed by atoms with Crippen molar-refractivity contribution in [2.24, 2.45) is 5.92 Å². The monoisotopic (exact) mass is 297 g/mol. The molecule has 4 heteroatoms. The fourth-order valence-corrected chi connectivity index (χ4v) is 1.58. The Morgan fingerprint density at radius 1 is 1.24 bits per heavy atom. The minimum Gasteiger partial charge on any atom is -0.490 e. The maximum atomic E-state index is 13.4. The first kappa shape index (κ1) is 17.9. The summed E-state index contributed by atoms with van der Waals surface area (Å²) in [6.45, 7) is 12.5. The van der Waals surface area contributed by atoms with Gasteiger partial charge in [-0.1, -0.05) is 13.8 Å². The minimum absolute atomic E-state index is 0.0625. The largest absolute Gasteiger partial charge is 0.490 e. The Bertz CT molecular complexity index is 464. The van der Waals surface area contributed by atoms with E-state index < -0.39 is 5.60 Å². The molecule has 0 bridgehead atoms. The predicted octanol–water partition coefficient (Wildman–Crippen LogP) is 3.50. The first-order valence-electron chi connectivity index (χ1n) is 7.40. The van der Waals surface area contributed by atoms with Gasteiger partial charge >= 0.3 is 0 Å². The molecule has 1 aromatic rings. The Labute approximate surface area is 127 Å². The van der Waals surface area contributed by atoms with E-state index in [9.17, 15) is 9.50 Å². The lowest BCUT2D eigenvalue weighted by atomic mass is 9.94. The van der Waals surface area contributed by atoms with Crippen LogP contribution in [0.3, 0.4) is 0 Å². The summed E-state index contributed by atoms with van der Waals surface area (Å²) in [6.07, 6.45) is 0. The van der Waals surface area contributed by atoms with Crippen molar-refractivity contribution < 1.29 is 14.2 Å². The molecule has 0 saturated carbocycles. The molecule has 0 heterocycles. The number of rotatable bonds is 6. The van der Waals surface area contributed by atoms with Gasteiger partial charge in [-0.3, -0.25) is 0 Å². The highest BCUT2D eigenvalue weighted by Gasteiger charge is 2.26. The molecular weight excluding hydrogens is 269 g/mol. The summed E-state index contributed by atoms with van der Waals surface area (Å²) in [5, 5.41) is 13.6. The van der Waals surface area contributed by atoms with Crippen LogP contribution >= 0.6 is 0 Å². The van der Waals surface area contributed by atoms with Crippen molar-refractivity contribution in [1.29, 1.82) is 0 Å². The van der Waals surface area contributed by atoms with E-state index >= 15 is 0 Å². The lowest BCUT2D eigenvalue weighted by Crippen LogP contribution is -2.38. The average molecular weight is 297 g/mol. The first-order chi connectivity index (χ1) is 9.51. The van der Waals surface area contributed by atoms with Crippen molar-refractivity contribution in [3.05, 3.63) is 29.6 Å². The summed E-state index contributed by atoms with van der Waals surface area (Å²) in [4.78, 5) is 0. The summed E-state index contributed by atoms with van der Waals surface area (Å²) in [6, 6.07) is 4.46. The molecule has 0 saturated heterocycles. The van der Waals surface area contributed by atoms with Crippen molar-refractivity contribution >= 4 is 0 Å². The summed E-state index contributed by atoms with van der Waals surface area (Å²) in [5.74, 6) is 0.395. The van der Waals surface area contributed by atoms with Gasteiger partial charge in [-0.25, -0.2) is 4.39 Å². The second-order valence-electron chi connectivity index (χ2n) is 7.16. The van der Waals surface area contributed by atoms with Crippen LogP contribution < -0.4 is 10.1 Å². The normalized spacial score (nSPS) is 15.1. The molecule has 1 atom stereocenters. The molecule has 21 heavy (non-hydrogen) atoms. The Kier molecular flexibility index (Phi) is 5.76. The molecule has 120 valence electrons. The number of nitrogens with one attached hydrogen (secondary N) is 1. The van der Waals surface area contributed by atoms with Crippen LogP contribution in [0.5, 0.6) is 5.75 Å². The summed E-state index contributed by atoms with van der Waals surface area (Å²) in [7, 11) is 0. The van der Waals surface area contributed by atoms with Crippen LogP contribution in [0.15, 0.2) is 18.2 Å². The average Bonchev–Trinajstić information content (AvgIpc) is 2.34. The third kappa shape index (κ3) is 6.02. The highest BCUT2D eigenvalue weighted by molar-refractivity contribution is 5.34. The Balaban J connectivity index is 2.82. The molecule has 2 N–H and O–H groups in total. The molecular formula is C17H28FNO2. The van der Waals surface area contributed by atoms with Crippen LogP contribution in [0, 0.1) is 11.7 Å². The van der Waals surface area contributed by atoms with Crippen molar-refractivity contribution in [3.63, 3.8) is 0 Å². The van der Waals surface area contributed by atoms with Crippen molar-refractivity contribution in [2.45, 2.75) is 59.2 Å². The molecule has 0 radical (unpaired) electrons. The molecule has 1 unspecified atom stereocenters. The van der Waals surface area contributed by atoms with Crippen LogP contribution in [0.2, 0.25) is 0 Å². The lowest BCUT2D eigenvalue weighted by Gasteiger charge is -2.28. The van der Waals surface area contributed by atoms with Crippen molar-refractivity contribution in [1.82, 2.24) is 5.32 Å². The summed E-state index contributed by atoms with van der Waals surface area (Å²) in [5.41, 5.74) is -0.222. The van der Waals surface area contributed by atoms with E-state index in [0.717, 1.165) is 5.56 Å². The summed E-state index contributed by atoms with van der Waals surface area (Å²) >= 11 is 0. The molecule has 0 aliphatic heterocycles. The summed E-state index contributed by atoms with van der Waals surface area (Å²) < 4.78 is 19.2. The maximum Gasteiger partial charge on any atom is 0.124 e. The quantitative estimate of drug-likeness (QED) is 0.844. The number of benzene rings is 1. The van der Waals surface area contributed by atoms with E-state index in [1.807, 2.05) is 13.8 Å². The van der Waals surface area contributed by atoms with Gasteiger partial charge < -0.3 is 15.2 Å². The smallest absolute Gasteiger partial charge is 0.124 e. The fraction of sp³-hybridized carbons (Fsp3) is 0.647. The van der Waals surface area contributed by atoms with Gasteiger partial charge in [-0.2, -0.15) is 0 Å². The molecule has 0 aromatic heterocycles. The molecule has 0 fully saturated rings. The van der Waals surface area contributed by atoms with Crippen molar-refractivity contribution in [3.8, 4) is 5.75 Å². The first-order valence-corrected chi connectivity index (χ1v) is 7.40. The zero-order valence-electron chi connectivity index (χ0n) is 14.0. The standard InChI is InChI=1S/C17H28FNO2/c1-12(2)17(6,20)11-21-15-8-7-14(18)9-13(15)10-19-16(3,4)5/h7-9,12,19-20H,10-11H2,1-6H3. The van der Waals surface area contributed by atoms with E-state index in [2.05, 4.69) is 26.1 Å². The van der Waals surface area contributed by atoms with Crippen LogP contribution in [0.4, 0.5) is 4.39 Å². The number of hydrogen-bond donors (Lipinski definition) is 2. The van der Waals surface area contributed by atoms with Gasteiger partial charge in [-0.15, -0.1) is 0 Å². The van der Waals surface area contributed by atoms with Gasteiger partial charge in [-0.05, 0) is 51.8 Å². The van der Waals surface area contributed by atoms with Crippen LogP contribution in [-0.4, -0.2) is 22.9 Å². The zero-order valence-corrected chi connectivity index (χ0v) is 14.0. The highest BCUT2D eigenvalue weighted by atomic mass is 19.1. The maximum absolute atomic E-state index is 13.4. The molecule has 0 aliphatic rings. The van der Waals surface area contributed by atoms with Crippen LogP contribution in [0.1, 0.15) is 47.1 Å². The Morgan fingerprint density at radius 2 is 1.86 bits per heavy atom. The van der Waals surface area contributed by atoms with Crippen molar-refractivity contribution in [2.75, 3.05) is 6.61 Å². The van der Waals surface area contributed by atoms with E-state index in [-0.39, 0.29) is 23.9 Å². The topological polar surface area (TPSA) is 41.5 Å². The van der Waals surface area contributed by atoms with Gasteiger partial charge in [0.2, 0.25) is 0 Å². The van der Waals surface area contributed by atoms with Crippen LogP contribution in [-0.2, 0) is 6.54 Å². The number of hydrogen-bond acceptors (Lipinski definition) is 3. The number of halogens is 1. The third-order valence-electron chi connectivity index (χ3n) is 3.60. The molecule has 0 amide bonds. The predicted molar refractivity (Wildman–Crippen MR) is 83.9 cm³/mol. The van der Waals surface area contributed by atoms with Crippen LogP contribution in [0.25, 0.3) is 0 Å². The van der Waals surface area contributed by atoms with Gasteiger partial charge in [0.1, 0.15) is 18.2 Å². The molecule has 1 rings (SSSR count). The second kappa shape index (κ2) is 6.75. The fourth-order valence-electron chi connectivity index (χ4n) is 1.58. The zero-order chi connectivity index (χ0) is 16.3. The van der Waals surface area contributed by atoms with E-state index in [0.29, 0.717) is 12.3 Å². The Morgan fingerprint density at radius 3 is 2.38 bits per heavy atom. The third-order valence-corrected chi connectivity index (χ3v) is 3.60. The lowest BCUT2D eigenvalue weighted by molar-refractivity contribution is -0.0269. The van der Waals surface area contributed by atoms with Gasteiger partial charge in [0.05, 0.1) is 5.60 Å². The van der Waals surface area contributed by atoms with E-state index in [1.54, 1.807) is 13.0 Å². The van der Waals surface area contributed by atoms with Gasteiger partial charge in [0.25, 0.3) is 0 Å². The molecule has 1 aromatic carbocycles. The minimum atomic E-state index is -0.914. The highest BCUT2D eigenvalue weighted by Crippen LogP contribution is 2.24. The SMILES string of the molecule is CC(C)C(C)(O)COc1ccc(F)cc1CNC(C)(C)C. The Hall–Kier alpha value is -1.13. The molecule has 3 nitrogen and oxygen atoms in total. The van der Waals surface area contributed by atoms with Gasteiger partial charge in [0.15, 0.2) is 0 Å². The molecule has 0 spiro atoms. The number of ether oxygens (including phenoxy) is 1. The van der Waals surface area contributed by atoms with E-state index in [1.165, 1.54) is 12.1 Å². The van der Waals surface area contributed by atoms with E-state index in [4.69, 9.17) is 4.74 Å². The second-order valence-corrected chi connectivity index (χ2v) is 7.16. The molecule has 0 aliphatic carbocycles. The van der Waals surface area contributed by atoms with Gasteiger partial charge in [0, 0.05) is 17.6 Å². The number of aliphatic hydroxyl groups is 1.